The van der Waals surface area contributed by atoms with Crippen LogP contribution >= 0.6 is 12.4 Å². The Labute approximate surface area is 116 Å². The second-order valence-electron chi connectivity index (χ2n) is 4.26. The van der Waals surface area contributed by atoms with Gasteiger partial charge in [0.15, 0.2) is 0 Å². The summed E-state index contributed by atoms with van der Waals surface area (Å²) in [6, 6.07) is 6.47. The first-order valence-corrected chi connectivity index (χ1v) is 6.11. The highest BCUT2D eigenvalue weighted by Crippen LogP contribution is 2.22. The van der Waals surface area contributed by atoms with Gasteiger partial charge >= 0.3 is 0 Å². The summed E-state index contributed by atoms with van der Waals surface area (Å²) in [5, 5.41) is 0. The molecule has 1 unspecified atom stereocenters. The molecule has 0 aliphatic heterocycles. The van der Waals surface area contributed by atoms with Crippen molar-refractivity contribution >= 4 is 12.4 Å². The molecule has 0 aliphatic carbocycles. The SMILES string of the molecule is CCC(N)Cc1cc(CCOC)ccc1OC.Cl. The molecule has 0 spiro atoms. The fourth-order valence-corrected chi connectivity index (χ4v) is 1.79. The maximum Gasteiger partial charge on any atom is 0.122 e. The highest BCUT2D eigenvalue weighted by Gasteiger charge is 2.08. The third-order valence-corrected chi connectivity index (χ3v) is 2.95. The number of halogens is 1. The van der Waals surface area contributed by atoms with Gasteiger partial charge in [-0.25, -0.2) is 0 Å². The quantitative estimate of drug-likeness (QED) is 0.830. The molecule has 4 heteroatoms. The van der Waals surface area contributed by atoms with Crippen LogP contribution in [0.2, 0.25) is 0 Å². The van der Waals surface area contributed by atoms with Crippen molar-refractivity contribution in [1.29, 1.82) is 0 Å². The van der Waals surface area contributed by atoms with Gasteiger partial charge < -0.3 is 15.2 Å². The minimum atomic E-state index is 0. The average Bonchev–Trinajstić information content (AvgIpc) is 2.36. The van der Waals surface area contributed by atoms with Crippen LogP contribution in [0.1, 0.15) is 24.5 Å². The topological polar surface area (TPSA) is 44.5 Å². The standard InChI is InChI=1S/C14H23NO2.ClH/c1-4-13(15)10-12-9-11(7-8-16-2)5-6-14(12)17-3;/h5-6,9,13H,4,7-8,10,15H2,1-3H3;1H. The van der Waals surface area contributed by atoms with Crippen molar-refractivity contribution in [3.05, 3.63) is 29.3 Å². The molecule has 1 rings (SSSR count). The van der Waals surface area contributed by atoms with Crippen LogP contribution in [0.4, 0.5) is 0 Å². The molecule has 0 saturated carbocycles. The van der Waals surface area contributed by atoms with Crippen LogP contribution in [0, 0.1) is 0 Å². The smallest absolute Gasteiger partial charge is 0.122 e. The number of ether oxygens (including phenoxy) is 2. The van der Waals surface area contributed by atoms with Gasteiger partial charge in [-0.05, 0) is 36.5 Å². The van der Waals surface area contributed by atoms with Crippen molar-refractivity contribution in [2.75, 3.05) is 20.8 Å². The Kier molecular flexibility index (Phi) is 8.81. The minimum Gasteiger partial charge on any atom is -0.496 e. The summed E-state index contributed by atoms with van der Waals surface area (Å²) in [6.45, 7) is 2.84. The molecule has 0 radical (unpaired) electrons. The van der Waals surface area contributed by atoms with Gasteiger partial charge in [-0.3, -0.25) is 0 Å². The zero-order valence-corrected chi connectivity index (χ0v) is 12.3. The number of rotatable bonds is 7. The van der Waals surface area contributed by atoms with Crippen LogP contribution in [0.5, 0.6) is 5.75 Å². The summed E-state index contributed by atoms with van der Waals surface area (Å²) in [6.07, 6.45) is 2.76. The molecule has 0 saturated heterocycles. The van der Waals surface area contributed by atoms with Crippen LogP contribution in [0.25, 0.3) is 0 Å². The van der Waals surface area contributed by atoms with Gasteiger partial charge in [0.2, 0.25) is 0 Å². The fraction of sp³-hybridized carbons (Fsp3) is 0.571. The molecule has 0 aromatic heterocycles. The van der Waals surface area contributed by atoms with Crippen molar-refractivity contribution in [2.24, 2.45) is 5.73 Å². The van der Waals surface area contributed by atoms with Gasteiger partial charge in [0.25, 0.3) is 0 Å². The van der Waals surface area contributed by atoms with E-state index in [1.165, 1.54) is 11.1 Å². The van der Waals surface area contributed by atoms with E-state index in [1.807, 2.05) is 6.07 Å². The van der Waals surface area contributed by atoms with Crippen molar-refractivity contribution in [3.8, 4) is 5.75 Å². The summed E-state index contributed by atoms with van der Waals surface area (Å²) < 4.78 is 10.5. The largest absolute Gasteiger partial charge is 0.496 e. The highest BCUT2D eigenvalue weighted by atomic mass is 35.5. The lowest BCUT2D eigenvalue weighted by atomic mass is 10.0. The Morgan fingerprint density at radius 1 is 1.28 bits per heavy atom. The van der Waals surface area contributed by atoms with E-state index in [-0.39, 0.29) is 18.4 Å². The maximum atomic E-state index is 6.00. The van der Waals surface area contributed by atoms with Crippen LogP contribution < -0.4 is 10.5 Å². The molecule has 1 atom stereocenters. The van der Waals surface area contributed by atoms with Crippen molar-refractivity contribution in [1.82, 2.24) is 0 Å². The van der Waals surface area contributed by atoms with Crippen LogP contribution in [0.15, 0.2) is 18.2 Å². The number of methoxy groups -OCH3 is 2. The molecule has 0 aliphatic rings. The molecule has 2 N–H and O–H groups in total. The average molecular weight is 274 g/mol. The zero-order chi connectivity index (χ0) is 12.7. The summed E-state index contributed by atoms with van der Waals surface area (Å²) in [4.78, 5) is 0. The van der Waals surface area contributed by atoms with Gasteiger partial charge in [0.05, 0.1) is 13.7 Å². The first kappa shape index (κ1) is 17.2. The predicted molar refractivity (Wildman–Crippen MR) is 77.8 cm³/mol. The molecule has 3 nitrogen and oxygen atoms in total. The number of hydrogen-bond donors (Lipinski definition) is 1. The molecule has 18 heavy (non-hydrogen) atoms. The lowest BCUT2D eigenvalue weighted by molar-refractivity contribution is 0.202. The molecule has 0 bridgehead atoms. The number of hydrogen-bond acceptors (Lipinski definition) is 3. The monoisotopic (exact) mass is 273 g/mol. The lowest BCUT2D eigenvalue weighted by Crippen LogP contribution is -2.21. The van der Waals surface area contributed by atoms with E-state index in [4.69, 9.17) is 15.2 Å². The molecule has 1 aromatic rings. The van der Waals surface area contributed by atoms with Gasteiger partial charge in [-0.15, -0.1) is 12.4 Å². The highest BCUT2D eigenvalue weighted by molar-refractivity contribution is 5.85. The molecular formula is C14H24ClNO2. The van der Waals surface area contributed by atoms with Crippen molar-refractivity contribution in [3.63, 3.8) is 0 Å². The van der Waals surface area contributed by atoms with E-state index in [1.54, 1.807) is 14.2 Å². The summed E-state index contributed by atoms with van der Waals surface area (Å²) in [5.74, 6) is 0.926. The molecule has 0 heterocycles. The van der Waals surface area contributed by atoms with E-state index in [0.29, 0.717) is 0 Å². The number of benzene rings is 1. The Morgan fingerprint density at radius 2 is 2.00 bits per heavy atom. The summed E-state index contributed by atoms with van der Waals surface area (Å²) in [5.41, 5.74) is 8.46. The van der Waals surface area contributed by atoms with Crippen LogP contribution in [-0.2, 0) is 17.6 Å². The maximum absolute atomic E-state index is 6.00. The van der Waals surface area contributed by atoms with E-state index >= 15 is 0 Å². The normalized spacial score (nSPS) is 11.8. The molecule has 0 amide bonds. The second kappa shape index (κ2) is 9.20. The summed E-state index contributed by atoms with van der Waals surface area (Å²) >= 11 is 0. The minimum absolute atomic E-state index is 0. The van der Waals surface area contributed by atoms with Gasteiger partial charge in [-0.2, -0.15) is 0 Å². The first-order valence-electron chi connectivity index (χ1n) is 6.11. The summed E-state index contributed by atoms with van der Waals surface area (Å²) in [7, 11) is 3.42. The Morgan fingerprint density at radius 3 is 2.56 bits per heavy atom. The van der Waals surface area contributed by atoms with Crippen molar-refractivity contribution in [2.45, 2.75) is 32.2 Å². The Bertz CT molecular complexity index is 345. The van der Waals surface area contributed by atoms with Gasteiger partial charge in [0, 0.05) is 13.2 Å². The van der Waals surface area contributed by atoms with Gasteiger partial charge in [0.1, 0.15) is 5.75 Å². The van der Waals surface area contributed by atoms with E-state index < -0.39 is 0 Å². The van der Waals surface area contributed by atoms with Crippen LogP contribution in [0.3, 0.4) is 0 Å². The molecule has 0 fully saturated rings. The molecule has 1 aromatic carbocycles. The number of nitrogens with two attached hydrogens (primary N) is 1. The van der Waals surface area contributed by atoms with E-state index in [0.717, 1.165) is 31.6 Å². The second-order valence-corrected chi connectivity index (χ2v) is 4.26. The predicted octanol–water partition coefficient (Wildman–Crippen LogP) is 2.59. The molecule has 104 valence electrons. The Balaban J connectivity index is 0.00000289. The third-order valence-electron chi connectivity index (χ3n) is 2.95. The third kappa shape index (κ3) is 5.25. The lowest BCUT2D eigenvalue weighted by Gasteiger charge is -2.14. The Hall–Kier alpha value is -0.770. The first-order chi connectivity index (χ1) is 8.21. The van der Waals surface area contributed by atoms with E-state index in [2.05, 4.69) is 19.1 Å². The molecular weight excluding hydrogens is 250 g/mol. The zero-order valence-electron chi connectivity index (χ0n) is 11.4. The van der Waals surface area contributed by atoms with Gasteiger partial charge in [-0.1, -0.05) is 19.1 Å². The van der Waals surface area contributed by atoms with E-state index in [9.17, 15) is 0 Å². The van der Waals surface area contributed by atoms with Crippen molar-refractivity contribution < 1.29 is 9.47 Å². The fourth-order valence-electron chi connectivity index (χ4n) is 1.79. The van der Waals surface area contributed by atoms with Crippen LogP contribution in [-0.4, -0.2) is 26.9 Å².